The summed E-state index contributed by atoms with van der Waals surface area (Å²) in [5, 5.41) is 18.0. The molecule has 0 spiro atoms. The summed E-state index contributed by atoms with van der Waals surface area (Å²) in [7, 11) is 0. The first kappa shape index (κ1) is 20.2. The first-order valence-electron chi connectivity index (χ1n) is 10.9. The summed E-state index contributed by atoms with van der Waals surface area (Å²) in [4.78, 5) is 16.7. The molecule has 2 aromatic heterocycles. The molecule has 0 radical (unpaired) electrons. The highest BCUT2D eigenvalue weighted by molar-refractivity contribution is 7.97. The van der Waals surface area contributed by atoms with Crippen molar-refractivity contribution in [1.82, 2.24) is 19.1 Å². The van der Waals surface area contributed by atoms with Gasteiger partial charge in [-0.15, -0.1) is 0 Å². The number of aromatic amines is 1. The van der Waals surface area contributed by atoms with Crippen molar-refractivity contribution in [3.05, 3.63) is 46.4 Å². The quantitative estimate of drug-likeness (QED) is 0.522. The summed E-state index contributed by atoms with van der Waals surface area (Å²) in [6.45, 7) is 4.39. The fraction of sp³-hybridized carbons (Fsp3) is 0.435. The van der Waals surface area contributed by atoms with Gasteiger partial charge in [0.2, 0.25) is 0 Å². The Morgan fingerprint density at radius 2 is 2.13 bits per heavy atom. The SMILES string of the molecule is Cc1cc(Nc2nn(C(CC#N)C3CC3)c3cc[nH]c(=O)c23)ccc1SN1CCCC1. The molecular weight excluding hydrogens is 408 g/mol. The highest BCUT2D eigenvalue weighted by Gasteiger charge is 2.34. The number of hydrogen-bond donors (Lipinski definition) is 2. The van der Waals surface area contributed by atoms with E-state index in [1.54, 1.807) is 6.20 Å². The van der Waals surface area contributed by atoms with Crippen LogP contribution in [0.25, 0.3) is 10.9 Å². The zero-order valence-corrected chi connectivity index (χ0v) is 18.4. The molecule has 1 aliphatic heterocycles. The normalized spacial score (nSPS) is 17.7. The number of aromatic nitrogens is 3. The van der Waals surface area contributed by atoms with Crippen LogP contribution in [0.15, 0.2) is 40.2 Å². The summed E-state index contributed by atoms with van der Waals surface area (Å²) < 4.78 is 4.30. The van der Waals surface area contributed by atoms with Gasteiger partial charge in [0.1, 0.15) is 5.39 Å². The van der Waals surface area contributed by atoms with Crippen molar-refractivity contribution in [3.8, 4) is 6.07 Å². The van der Waals surface area contributed by atoms with Crippen molar-refractivity contribution in [3.63, 3.8) is 0 Å². The number of nitriles is 1. The minimum atomic E-state index is -0.171. The van der Waals surface area contributed by atoms with E-state index in [2.05, 4.69) is 39.7 Å². The van der Waals surface area contributed by atoms with E-state index in [0.717, 1.165) is 37.1 Å². The minimum absolute atomic E-state index is 0.00539. The van der Waals surface area contributed by atoms with E-state index in [-0.39, 0.29) is 11.6 Å². The lowest BCUT2D eigenvalue weighted by molar-refractivity contribution is 0.426. The van der Waals surface area contributed by atoms with Gasteiger partial charge < -0.3 is 10.3 Å². The highest BCUT2D eigenvalue weighted by atomic mass is 32.2. The first-order chi connectivity index (χ1) is 15.1. The molecule has 160 valence electrons. The average molecular weight is 435 g/mol. The van der Waals surface area contributed by atoms with Crippen LogP contribution in [0.1, 0.15) is 43.7 Å². The molecule has 1 saturated carbocycles. The summed E-state index contributed by atoms with van der Waals surface area (Å²) >= 11 is 1.82. The van der Waals surface area contributed by atoms with Gasteiger partial charge in [0.05, 0.1) is 24.0 Å². The molecule has 3 aromatic rings. The molecule has 31 heavy (non-hydrogen) atoms. The maximum absolute atomic E-state index is 12.7. The number of nitrogens with one attached hydrogen (secondary N) is 2. The number of fused-ring (bicyclic) bond motifs is 1. The van der Waals surface area contributed by atoms with Crippen LogP contribution in [-0.4, -0.2) is 32.2 Å². The zero-order valence-electron chi connectivity index (χ0n) is 17.6. The molecule has 2 aliphatic rings. The molecule has 1 aliphatic carbocycles. The van der Waals surface area contributed by atoms with E-state index in [4.69, 9.17) is 5.10 Å². The van der Waals surface area contributed by atoms with Crippen LogP contribution < -0.4 is 10.9 Å². The fourth-order valence-electron chi connectivity index (χ4n) is 4.35. The molecule has 2 fully saturated rings. The van der Waals surface area contributed by atoms with Crippen molar-refractivity contribution in [2.24, 2.45) is 5.92 Å². The van der Waals surface area contributed by atoms with E-state index < -0.39 is 0 Å². The Bertz CT molecular complexity index is 1200. The molecule has 1 aromatic carbocycles. The van der Waals surface area contributed by atoms with E-state index in [0.29, 0.717) is 23.5 Å². The largest absolute Gasteiger partial charge is 0.338 e. The Labute approximate surface area is 185 Å². The molecule has 0 amide bonds. The molecule has 8 heteroatoms. The van der Waals surface area contributed by atoms with Crippen LogP contribution in [0, 0.1) is 24.2 Å². The van der Waals surface area contributed by atoms with Gasteiger partial charge >= 0.3 is 0 Å². The van der Waals surface area contributed by atoms with Crippen molar-refractivity contribution >= 4 is 34.4 Å². The summed E-state index contributed by atoms with van der Waals surface area (Å²) in [5.74, 6) is 0.999. The standard InChI is InChI=1S/C23H26N6OS/c1-15-14-17(6-7-20(15)31-28-12-2-3-13-28)26-22-21-19(9-11-25-23(21)30)29(27-22)18(8-10-24)16-4-5-16/h6-7,9,11,14,16,18H,2-5,8,12-13H2,1H3,(H,25,30)(H,26,27). The third-order valence-corrected chi connectivity index (χ3v) is 7.42. The van der Waals surface area contributed by atoms with Gasteiger partial charge in [-0.3, -0.25) is 9.48 Å². The first-order valence-corrected chi connectivity index (χ1v) is 11.7. The topological polar surface area (TPSA) is 89.7 Å². The third-order valence-electron chi connectivity index (χ3n) is 6.14. The van der Waals surface area contributed by atoms with E-state index in [1.807, 2.05) is 28.8 Å². The molecule has 3 heterocycles. The predicted molar refractivity (Wildman–Crippen MR) is 123 cm³/mol. The number of anilines is 2. The van der Waals surface area contributed by atoms with E-state index in [1.165, 1.54) is 23.3 Å². The molecule has 7 nitrogen and oxygen atoms in total. The minimum Gasteiger partial charge on any atom is -0.338 e. The number of hydrogen-bond acceptors (Lipinski definition) is 6. The van der Waals surface area contributed by atoms with Crippen LogP contribution in [0.5, 0.6) is 0 Å². The fourth-order valence-corrected chi connectivity index (χ4v) is 5.40. The second kappa shape index (κ2) is 8.40. The Hall–Kier alpha value is -2.76. The molecule has 5 rings (SSSR count). The number of H-pyrrole nitrogens is 1. The lowest BCUT2D eigenvalue weighted by Gasteiger charge is -2.16. The Kier molecular flexibility index (Phi) is 5.47. The lowest BCUT2D eigenvalue weighted by Crippen LogP contribution is -2.13. The van der Waals surface area contributed by atoms with Gasteiger partial charge in [0.15, 0.2) is 5.82 Å². The number of aryl methyl sites for hydroxylation is 1. The molecule has 0 bridgehead atoms. The van der Waals surface area contributed by atoms with Crippen LogP contribution in [-0.2, 0) is 0 Å². The van der Waals surface area contributed by atoms with Gasteiger partial charge in [0, 0.05) is 29.9 Å². The maximum Gasteiger partial charge on any atom is 0.261 e. The molecule has 1 atom stereocenters. The molecular formula is C23H26N6OS. The summed E-state index contributed by atoms with van der Waals surface area (Å²) in [6, 6.07) is 10.5. The van der Waals surface area contributed by atoms with Crippen LogP contribution >= 0.6 is 11.9 Å². The van der Waals surface area contributed by atoms with Gasteiger partial charge in [-0.25, -0.2) is 4.31 Å². The van der Waals surface area contributed by atoms with E-state index in [9.17, 15) is 10.1 Å². The Balaban J connectivity index is 1.47. The van der Waals surface area contributed by atoms with Crippen LogP contribution in [0.2, 0.25) is 0 Å². The second-order valence-electron chi connectivity index (χ2n) is 8.46. The maximum atomic E-state index is 12.7. The van der Waals surface area contributed by atoms with Crippen LogP contribution in [0.3, 0.4) is 0 Å². The highest BCUT2D eigenvalue weighted by Crippen LogP contribution is 2.43. The smallest absolute Gasteiger partial charge is 0.261 e. The van der Waals surface area contributed by atoms with Crippen molar-refractivity contribution in [2.75, 3.05) is 18.4 Å². The lowest BCUT2D eigenvalue weighted by atomic mass is 10.1. The Morgan fingerprint density at radius 1 is 1.32 bits per heavy atom. The van der Waals surface area contributed by atoms with Gasteiger partial charge in [0.25, 0.3) is 5.56 Å². The van der Waals surface area contributed by atoms with Crippen LogP contribution in [0.4, 0.5) is 11.5 Å². The van der Waals surface area contributed by atoms with Crippen molar-refractivity contribution in [1.29, 1.82) is 5.26 Å². The number of benzene rings is 1. The van der Waals surface area contributed by atoms with Crippen molar-refractivity contribution in [2.45, 2.75) is 50.0 Å². The zero-order chi connectivity index (χ0) is 21.4. The van der Waals surface area contributed by atoms with Crippen molar-refractivity contribution < 1.29 is 0 Å². The van der Waals surface area contributed by atoms with Gasteiger partial charge in [-0.05, 0) is 80.3 Å². The van der Waals surface area contributed by atoms with Gasteiger partial charge in [-0.2, -0.15) is 10.4 Å². The number of rotatable bonds is 7. The average Bonchev–Trinajstić information content (AvgIpc) is 3.34. The van der Waals surface area contributed by atoms with Gasteiger partial charge in [-0.1, -0.05) is 0 Å². The molecule has 1 saturated heterocycles. The number of nitrogens with zero attached hydrogens (tertiary/aromatic N) is 4. The summed E-state index contributed by atoms with van der Waals surface area (Å²) in [6.07, 6.45) is 6.80. The third kappa shape index (κ3) is 4.08. The molecule has 2 N–H and O–H groups in total. The summed E-state index contributed by atoms with van der Waals surface area (Å²) in [5.41, 5.74) is 2.70. The molecule has 1 unspecified atom stereocenters. The predicted octanol–water partition coefficient (Wildman–Crippen LogP) is 4.74. The monoisotopic (exact) mass is 434 g/mol. The van der Waals surface area contributed by atoms with E-state index >= 15 is 0 Å². The Morgan fingerprint density at radius 3 is 2.84 bits per heavy atom. The number of pyridine rings is 1. The second-order valence-corrected chi connectivity index (χ2v) is 9.60.